The van der Waals surface area contributed by atoms with Crippen LogP contribution in [0.1, 0.15) is 16.8 Å². The zero-order chi connectivity index (χ0) is 13.7. The number of nitrogens with zero attached hydrogens (tertiary/aromatic N) is 1. The molecule has 0 bridgehead atoms. The van der Waals surface area contributed by atoms with E-state index in [-0.39, 0.29) is 5.78 Å². The molecule has 1 aliphatic heterocycles. The summed E-state index contributed by atoms with van der Waals surface area (Å²) in [4.78, 5) is 14.4. The van der Waals surface area contributed by atoms with Crippen LogP contribution < -0.4 is 4.74 Å². The number of methoxy groups -OCH3 is 1. The molecule has 104 valence electrons. The van der Waals surface area contributed by atoms with Crippen molar-refractivity contribution in [2.24, 2.45) is 0 Å². The minimum Gasteiger partial charge on any atom is -0.497 e. The van der Waals surface area contributed by atoms with Crippen molar-refractivity contribution in [3.8, 4) is 5.75 Å². The number of hydrogen-bond acceptors (Lipinski definition) is 4. The van der Waals surface area contributed by atoms with Gasteiger partial charge in [-0.3, -0.25) is 9.69 Å². The predicted octanol–water partition coefficient (Wildman–Crippen LogP) is 2.25. The normalized spacial score (nSPS) is 16.3. The number of halogens is 1. The van der Waals surface area contributed by atoms with Crippen molar-refractivity contribution >= 4 is 17.4 Å². The summed E-state index contributed by atoms with van der Waals surface area (Å²) >= 11 is 6.06. The summed E-state index contributed by atoms with van der Waals surface area (Å²) in [5, 5.41) is 0.479. The van der Waals surface area contributed by atoms with E-state index in [9.17, 15) is 4.79 Å². The van der Waals surface area contributed by atoms with Gasteiger partial charge in [-0.2, -0.15) is 0 Å². The number of carbonyl (C=O) groups excluding carboxylic acids is 1. The number of Topliss-reactive ketones (excluding diaryl/α,β-unsaturated/α-hetero) is 1. The largest absolute Gasteiger partial charge is 0.497 e. The minimum absolute atomic E-state index is 0.0513. The summed E-state index contributed by atoms with van der Waals surface area (Å²) in [6, 6.07) is 5.15. The van der Waals surface area contributed by atoms with Crippen LogP contribution >= 0.6 is 11.6 Å². The van der Waals surface area contributed by atoms with Crippen molar-refractivity contribution in [2.45, 2.75) is 6.42 Å². The fourth-order valence-corrected chi connectivity index (χ4v) is 2.29. The van der Waals surface area contributed by atoms with Gasteiger partial charge < -0.3 is 9.47 Å². The molecular formula is C14H18ClNO3. The number of rotatable bonds is 5. The molecule has 0 radical (unpaired) electrons. The second-order valence-corrected chi connectivity index (χ2v) is 4.88. The molecule has 5 heteroatoms. The Hall–Kier alpha value is -1.10. The zero-order valence-electron chi connectivity index (χ0n) is 11.0. The third-order valence-corrected chi connectivity index (χ3v) is 3.56. The first kappa shape index (κ1) is 14.3. The molecule has 1 saturated heterocycles. The maximum atomic E-state index is 12.2. The average Bonchev–Trinajstić information content (AvgIpc) is 2.46. The molecule has 0 spiro atoms. The quantitative estimate of drug-likeness (QED) is 0.777. The summed E-state index contributed by atoms with van der Waals surface area (Å²) < 4.78 is 10.4. The molecule has 4 nitrogen and oxygen atoms in total. The van der Waals surface area contributed by atoms with Gasteiger partial charge in [0.05, 0.1) is 25.3 Å². The highest BCUT2D eigenvalue weighted by Gasteiger charge is 2.15. The average molecular weight is 284 g/mol. The molecule has 0 aliphatic carbocycles. The molecule has 0 unspecified atom stereocenters. The van der Waals surface area contributed by atoms with Crippen LogP contribution in [0, 0.1) is 0 Å². The van der Waals surface area contributed by atoms with Gasteiger partial charge in [-0.1, -0.05) is 11.6 Å². The van der Waals surface area contributed by atoms with E-state index >= 15 is 0 Å². The van der Waals surface area contributed by atoms with Crippen LogP contribution in [0.25, 0.3) is 0 Å². The monoisotopic (exact) mass is 283 g/mol. The van der Waals surface area contributed by atoms with E-state index in [1.807, 2.05) is 0 Å². The summed E-state index contributed by atoms with van der Waals surface area (Å²) in [5.41, 5.74) is 0.536. The maximum absolute atomic E-state index is 12.2. The molecule has 0 N–H and O–H groups in total. The van der Waals surface area contributed by atoms with Crippen LogP contribution in [-0.2, 0) is 4.74 Å². The SMILES string of the molecule is COc1ccc(Cl)c(C(=O)CCN2CCOCC2)c1. The van der Waals surface area contributed by atoms with Crippen molar-refractivity contribution in [3.05, 3.63) is 28.8 Å². The summed E-state index contributed by atoms with van der Waals surface area (Å²) in [6.45, 7) is 4.01. The topological polar surface area (TPSA) is 38.8 Å². The van der Waals surface area contributed by atoms with Gasteiger partial charge in [0.25, 0.3) is 0 Å². The van der Waals surface area contributed by atoms with Crippen molar-refractivity contribution in [2.75, 3.05) is 40.0 Å². The van der Waals surface area contributed by atoms with E-state index in [1.54, 1.807) is 25.3 Å². The molecule has 1 aromatic rings. The van der Waals surface area contributed by atoms with Gasteiger partial charge >= 0.3 is 0 Å². The summed E-state index contributed by atoms with van der Waals surface area (Å²) in [5.74, 6) is 0.703. The molecule has 0 amide bonds. The Morgan fingerprint density at radius 3 is 2.84 bits per heavy atom. The maximum Gasteiger partial charge on any atom is 0.165 e. The second-order valence-electron chi connectivity index (χ2n) is 4.47. The highest BCUT2D eigenvalue weighted by atomic mass is 35.5. The molecule has 1 aliphatic rings. The lowest BCUT2D eigenvalue weighted by Crippen LogP contribution is -2.37. The van der Waals surface area contributed by atoms with E-state index in [4.69, 9.17) is 21.1 Å². The summed E-state index contributed by atoms with van der Waals surface area (Å²) in [7, 11) is 1.57. The van der Waals surface area contributed by atoms with Gasteiger partial charge in [-0.05, 0) is 18.2 Å². The van der Waals surface area contributed by atoms with Crippen LogP contribution in [0.4, 0.5) is 0 Å². The molecule has 0 aromatic heterocycles. The van der Waals surface area contributed by atoms with Gasteiger partial charge in [0, 0.05) is 31.6 Å². The predicted molar refractivity (Wildman–Crippen MR) is 74.2 cm³/mol. The van der Waals surface area contributed by atoms with E-state index in [2.05, 4.69) is 4.90 Å². The third-order valence-electron chi connectivity index (χ3n) is 3.23. The first-order valence-electron chi connectivity index (χ1n) is 6.37. The Balaban J connectivity index is 1.95. The fraction of sp³-hybridized carbons (Fsp3) is 0.500. The molecule has 0 saturated carbocycles. The number of benzene rings is 1. The van der Waals surface area contributed by atoms with Crippen molar-refractivity contribution < 1.29 is 14.3 Å². The first-order chi connectivity index (χ1) is 9.20. The van der Waals surface area contributed by atoms with Crippen LogP contribution in [0.5, 0.6) is 5.75 Å². The number of ketones is 1. The number of hydrogen-bond donors (Lipinski definition) is 0. The number of morpholine rings is 1. The molecule has 1 fully saturated rings. The Kier molecular flexibility index (Phi) is 5.19. The number of ether oxygens (including phenoxy) is 2. The van der Waals surface area contributed by atoms with Gasteiger partial charge in [-0.15, -0.1) is 0 Å². The lowest BCUT2D eigenvalue weighted by atomic mass is 10.1. The van der Waals surface area contributed by atoms with Gasteiger partial charge in [-0.25, -0.2) is 0 Å². The highest BCUT2D eigenvalue weighted by Crippen LogP contribution is 2.23. The highest BCUT2D eigenvalue weighted by molar-refractivity contribution is 6.34. The van der Waals surface area contributed by atoms with E-state index in [1.165, 1.54) is 0 Å². The summed E-state index contributed by atoms with van der Waals surface area (Å²) in [6.07, 6.45) is 0.465. The second kappa shape index (κ2) is 6.89. The molecule has 0 atom stereocenters. The lowest BCUT2D eigenvalue weighted by Gasteiger charge is -2.26. The molecule has 1 aromatic carbocycles. The smallest absolute Gasteiger partial charge is 0.165 e. The Bertz CT molecular complexity index is 444. The minimum atomic E-state index is 0.0513. The van der Waals surface area contributed by atoms with Crippen LogP contribution in [-0.4, -0.2) is 50.6 Å². The third kappa shape index (κ3) is 3.93. The van der Waals surface area contributed by atoms with E-state index in [0.717, 1.165) is 32.8 Å². The van der Waals surface area contributed by atoms with Gasteiger partial charge in [0.1, 0.15) is 5.75 Å². The Morgan fingerprint density at radius 2 is 2.16 bits per heavy atom. The zero-order valence-corrected chi connectivity index (χ0v) is 11.8. The van der Waals surface area contributed by atoms with Crippen LogP contribution in [0.3, 0.4) is 0 Å². The van der Waals surface area contributed by atoms with Gasteiger partial charge in [0.2, 0.25) is 0 Å². The molecule has 2 rings (SSSR count). The molecule has 19 heavy (non-hydrogen) atoms. The first-order valence-corrected chi connectivity index (χ1v) is 6.75. The van der Waals surface area contributed by atoms with Gasteiger partial charge in [0.15, 0.2) is 5.78 Å². The van der Waals surface area contributed by atoms with Crippen LogP contribution in [0.15, 0.2) is 18.2 Å². The standard InChI is InChI=1S/C14H18ClNO3/c1-18-11-2-3-13(15)12(10-11)14(17)4-5-16-6-8-19-9-7-16/h2-3,10H,4-9H2,1H3. The molecular weight excluding hydrogens is 266 g/mol. The lowest BCUT2D eigenvalue weighted by molar-refractivity contribution is 0.0370. The molecule has 1 heterocycles. The Labute approximate surface area is 118 Å². The van der Waals surface area contributed by atoms with Crippen molar-refractivity contribution in [1.82, 2.24) is 4.90 Å². The van der Waals surface area contributed by atoms with E-state index in [0.29, 0.717) is 22.8 Å². The van der Waals surface area contributed by atoms with Crippen molar-refractivity contribution in [3.63, 3.8) is 0 Å². The fourth-order valence-electron chi connectivity index (χ4n) is 2.06. The Morgan fingerprint density at radius 1 is 1.42 bits per heavy atom. The number of carbonyl (C=O) groups is 1. The van der Waals surface area contributed by atoms with E-state index < -0.39 is 0 Å². The van der Waals surface area contributed by atoms with Crippen LogP contribution in [0.2, 0.25) is 5.02 Å². The van der Waals surface area contributed by atoms with Crippen molar-refractivity contribution in [1.29, 1.82) is 0 Å².